The van der Waals surface area contributed by atoms with Gasteiger partial charge in [-0.3, -0.25) is 4.79 Å². The van der Waals surface area contributed by atoms with Gasteiger partial charge in [-0.05, 0) is 36.8 Å². The molecular weight excluding hydrogens is 412 g/mol. The van der Waals surface area contributed by atoms with E-state index in [9.17, 15) is 18.4 Å². The Hall–Kier alpha value is -2.99. The topological polar surface area (TPSA) is 46.6 Å². The van der Waals surface area contributed by atoms with Crippen LogP contribution in [0.1, 0.15) is 30.4 Å². The Balaban J connectivity index is 2.07. The molecule has 156 valence electrons. The van der Waals surface area contributed by atoms with Crippen LogP contribution in [-0.2, 0) is 20.9 Å². The van der Waals surface area contributed by atoms with Gasteiger partial charge in [-0.1, -0.05) is 42.5 Å². The van der Waals surface area contributed by atoms with Gasteiger partial charge >= 0.3 is 5.97 Å². The largest absolute Gasteiger partial charge is 0.458 e. The molecule has 1 heterocycles. The van der Waals surface area contributed by atoms with Crippen LogP contribution < -0.4 is 0 Å². The monoisotopic (exact) mass is 431 g/mol. The second kappa shape index (κ2) is 9.22. The van der Waals surface area contributed by atoms with Crippen LogP contribution in [0.2, 0.25) is 5.02 Å². The first-order valence-electron chi connectivity index (χ1n) is 9.31. The van der Waals surface area contributed by atoms with Crippen LogP contribution in [-0.4, -0.2) is 23.4 Å². The number of hydrogen-bond donors (Lipinski definition) is 0. The molecule has 0 aliphatic carbocycles. The van der Waals surface area contributed by atoms with Gasteiger partial charge in [0, 0.05) is 28.6 Å². The Morgan fingerprint density at radius 2 is 1.93 bits per heavy atom. The third-order valence-electron chi connectivity index (χ3n) is 5.00. The molecule has 3 rings (SSSR count). The molecule has 7 heteroatoms. The van der Waals surface area contributed by atoms with Gasteiger partial charge in [0.1, 0.15) is 18.2 Å². The van der Waals surface area contributed by atoms with Crippen molar-refractivity contribution in [2.24, 2.45) is 0 Å². The SMILES string of the molecule is C=CCOC(=O)C1=C(C)N(Cc2c(F)cccc2F)C(=O)CC1c1cccc(Cl)c1. The summed E-state index contributed by atoms with van der Waals surface area (Å²) in [6.45, 7) is 4.76. The number of rotatable bonds is 6. The van der Waals surface area contributed by atoms with Crippen molar-refractivity contribution >= 4 is 23.5 Å². The highest BCUT2D eigenvalue weighted by Crippen LogP contribution is 2.38. The Kier molecular flexibility index (Phi) is 6.67. The minimum atomic E-state index is -0.761. The van der Waals surface area contributed by atoms with Gasteiger partial charge in [0.2, 0.25) is 5.91 Å². The fourth-order valence-corrected chi connectivity index (χ4v) is 3.73. The lowest BCUT2D eigenvalue weighted by atomic mass is 9.83. The highest BCUT2D eigenvalue weighted by molar-refractivity contribution is 6.30. The van der Waals surface area contributed by atoms with Crippen molar-refractivity contribution < 1.29 is 23.1 Å². The summed E-state index contributed by atoms with van der Waals surface area (Å²) in [5.41, 5.74) is 0.964. The first kappa shape index (κ1) is 21.7. The number of halogens is 3. The van der Waals surface area contributed by atoms with Crippen LogP contribution in [0.5, 0.6) is 0 Å². The molecule has 0 N–H and O–H groups in total. The summed E-state index contributed by atoms with van der Waals surface area (Å²) in [5.74, 6) is -3.09. The third-order valence-corrected chi connectivity index (χ3v) is 5.24. The molecule has 1 amide bonds. The molecule has 0 spiro atoms. The van der Waals surface area contributed by atoms with E-state index in [4.69, 9.17) is 16.3 Å². The summed E-state index contributed by atoms with van der Waals surface area (Å²) in [6, 6.07) is 10.4. The smallest absolute Gasteiger partial charge is 0.336 e. The van der Waals surface area contributed by atoms with Gasteiger partial charge in [-0.25, -0.2) is 13.6 Å². The van der Waals surface area contributed by atoms with E-state index in [1.165, 1.54) is 17.0 Å². The maximum Gasteiger partial charge on any atom is 0.336 e. The Morgan fingerprint density at radius 1 is 1.27 bits per heavy atom. The zero-order valence-electron chi connectivity index (χ0n) is 16.3. The van der Waals surface area contributed by atoms with Crippen molar-refractivity contribution in [2.75, 3.05) is 6.61 Å². The van der Waals surface area contributed by atoms with Gasteiger partial charge in [-0.15, -0.1) is 0 Å². The number of ether oxygens (including phenoxy) is 1. The first-order valence-corrected chi connectivity index (χ1v) is 9.68. The van der Waals surface area contributed by atoms with E-state index in [0.717, 1.165) is 12.1 Å². The van der Waals surface area contributed by atoms with Crippen molar-refractivity contribution in [1.82, 2.24) is 4.90 Å². The van der Waals surface area contributed by atoms with Crippen LogP contribution >= 0.6 is 11.6 Å². The highest BCUT2D eigenvalue weighted by Gasteiger charge is 2.37. The van der Waals surface area contributed by atoms with Crippen molar-refractivity contribution in [3.63, 3.8) is 0 Å². The average molecular weight is 432 g/mol. The van der Waals surface area contributed by atoms with E-state index in [1.54, 1.807) is 31.2 Å². The van der Waals surface area contributed by atoms with Gasteiger partial charge in [0.05, 0.1) is 12.1 Å². The second-order valence-electron chi connectivity index (χ2n) is 6.88. The fraction of sp³-hybridized carbons (Fsp3) is 0.217. The predicted molar refractivity (Wildman–Crippen MR) is 110 cm³/mol. The number of amides is 1. The van der Waals surface area contributed by atoms with Gasteiger partial charge in [0.15, 0.2) is 0 Å². The van der Waals surface area contributed by atoms with Crippen LogP contribution in [0.4, 0.5) is 8.78 Å². The van der Waals surface area contributed by atoms with Crippen molar-refractivity contribution in [1.29, 1.82) is 0 Å². The molecule has 0 bridgehead atoms. The molecule has 0 saturated carbocycles. The maximum absolute atomic E-state index is 14.2. The summed E-state index contributed by atoms with van der Waals surface area (Å²) < 4.78 is 33.5. The van der Waals surface area contributed by atoms with E-state index in [0.29, 0.717) is 10.6 Å². The minimum Gasteiger partial charge on any atom is -0.458 e. The maximum atomic E-state index is 14.2. The third kappa shape index (κ3) is 4.44. The van der Waals surface area contributed by atoms with E-state index in [2.05, 4.69) is 6.58 Å². The molecule has 0 fully saturated rings. The molecular formula is C23H20ClF2NO3. The summed E-state index contributed by atoms with van der Waals surface area (Å²) in [4.78, 5) is 27.0. The zero-order valence-corrected chi connectivity index (χ0v) is 17.1. The highest BCUT2D eigenvalue weighted by atomic mass is 35.5. The van der Waals surface area contributed by atoms with Gasteiger partial charge in [0.25, 0.3) is 0 Å². The molecule has 0 saturated heterocycles. The summed E-state index contributed by atoms with van der Waals surface area (Å²) in [7, 11) is 0. The number of hydrogen-bond acceptors (Lipinski definition) is 3. The summed E-state index contributed by atoms with van der Waals surface area (Å²) in [5, 5.41) is 0.465. The molecule has 30 heavy (non-hydrogen) atoms. The second-order valence-corrected chi connectivity index (χ2v) is 7.31. The average Bonchev–Trinajstić information content (AvgIpc) is 2.70. The molecule has 1 unspecified atom stereocenters. The molecule has 1 aliphatic rings. The molecule has 0 radical (unpaired) electrons. The number of carbonyl (C=O) groups excluding carboxylic acids is 2. The van der Waals surface area contributed by atoms with Gasteiger partial charge < -0.3 is 9.64 Å². The molecule has 2 aromatic carbocycles. The number of carbonyl (C=O) groups is 2. The molecule has 1 aliphatic heterocycles. The van der Waals surface area contributed by atoms with E-state index in [1.807, 2.05) is 0 Å². The Labute approximate surface area is 178 Å². The lowest BCUT2D eigenvalue weighted by Crippen LogP contribution is -2.38. The number of nitrogens with zero attached hydrogens (tertiary/aromatic N) is 1. The van der Waals surface area contributed by atoms with E-state index < -0.39 is 23.5 Å². The van der Waals surface area contributed by atoms with Crippen molar-refractivity contribution in [3.8, 4) is 0 Å². The Morgan fingerprint density at radius 3 is 2.57 bits per heavy atom. The fourth-order valence-electron chi connectivity index (χ4n) is 3.53. The van der Waals surface area contributed by atoms with Gasteiger partial charge in [-0.2, -0.15) is 0 Å². The molecule has 4 nitrogen and oxygen atoms in total. The number of benzene rings is 2. The van der Waals surface area contributed by atoms with Crippen LogP contribution in [0.15, 0.2) is 66.4 Å². The van der Waals surface area contributed by atoms with Crippen LogP contribution in [0.25, 0.3) is 0 Å². The minimum absolute atomic E-state index is 0.00618. The first-order chi connectivity index (χ1) is 14.3. The quantitative estimate of drug-likeness (QED) is 0.470. The Bertz CT molecular complexity index is 1010. The molecule has 0 aromatic heterocycles. The van der Waals surface area contributed by atoms with Crippen molar-refractivity contribution in [2.45, 2.75) is 25.8 Å². The van der Waals surface area contributed by atoms with E-state index in [-0.39, 0.29) is 42.3 Å². The van der Waals surface area contributed by atoms with Crippen molar-refractivity contribution in [3.05, 3.63) is 94.2 Å². The number of esters is 1. The zero-order chi connectivity index (χ0) is 21.8. The van der Waals surface area contributed by atoms with Crippen LogP contribution in [0, 0.1) is 11.6 Å². The van der Waals surface area contributed by atoms with E-state index >= 15 is 0 Å². The molecule has 2 aromatic rings. The van der Waals surface area contributed by atoms with Crippen LogP contribution in [0.3, 0.4) is 0 Å². The predicted octanol–water partition coefficient (Wildman–Crippen LogP) is 5.14. The number of allylic oxidation sites excluding steroid dienone is 1. The lowest BCUT2D eigenvalue weighted by Gasteiger charge is -2.34. The molecule has 1 atom stereocenters. The summed E-state index contributed by atoms with van der Waals surface area (Å²) >= 11 is 6.09. The summed E-state index contributed by atoms with van der Waals surface area (Å²) in [6.07, 6.45) is 1.37. The lowest BCUT2D eigenvalue weighted by molar-refractivity contribution is -0.139. The normalized spacial score (nSPS) is 16.6. The standard InChI is InChI=1S/C23H20ClF2NO3/c1-3-10-30-23(29)22-14(2)27(13-18-19(25)8-5-9-20(18)26)21(28)12-17(22)15-6-4-7-16(24)11-15/h3-9,11,17H,1,10,12-13H2,2H3.